The van der Waals surface area contributed by atoms with Crippen LogP contribution in [0.25, 0.3) is 0 Å². The summed E-state index contributed by atoms with van der Waals surface area (Å²) in [5, 5.41) is 5.31. The Kier molecular flexibility index (Phi) is 4.94. The summed E-state index contributed by atoms with van der Waals surface area (Å²) in [5.74, 6) is -1.03. The van der Waals surface area contributed by atoms with E-state index in [0.29, 0.717) is 11.1 Å². The van der Waals surface area contributed by atoms with Crippen LogP contribution in [0.1, 0.15) is 36.6 Å². The van der Waals surface area contributed by atoms with Gasteiger partial charge in [0.05, 0.1) is 9.83 Å². The Morgan fingerprint density at radius 2 is 1.85 bits per heavy atom. The molecule has 2 rings (SSSR count). The van der Waals surface area contributed by atoms with Crippen LogP contribution < -0.4 is 5.32 Å². The third-order valence-electron chi connectivity index (χ3n) is 3.01. The molecule has 1 atom stereocenters. The molecule has 0 saturated carbocycles. The van der Waals surface area contributed by atoms with E-state index in [1.54, 1.807) is 24.3 Å². The van der Waals surface area contributed by atoms with Crippen molar-refractivity contribution in [3.05, 3.63) is 55.7 Å². The van der Waals surface area contributed by atoms with E-state index in [4.69, 9.17) is 0 Å². The molecule has 1 N–H and O–H groups in total. The quantitative estimate of drug-likeness (QED) is 0.792. The topological polar surface area (TPSA) is 12.0 Å². The smallest absolute Gasteiger partial charge is 0.131 e. The van der Waals surface area contributed by atoms with Gasteiger partial charge in [-0.25, -0.2) is 8.78 Å². The summed E-state index contributed by atoms with van der Waals surface area (Å²) in [6, 6.07) is 4.40. The van der Waals surface area contributed by atoms with Crippen LogP contribution in [0.5, 0.6) is 0 Å². The molecule has 0 bridgehead atoms. The van der Waals surface area contributed by atoms with Crippen molar-refractivity contribution >= 4 is 27.3 Å². The predicted octanol–water partition coefficient (Wildman–Crippen LogP) is 5.18. The minimum Gasteiger partial charge on any atom is -0.304 e. The molecule has 0 spiro atoms. The Hall–Kier alpha value is -0.780. The second-order valence-corrected chi connectivity index (χ2v) is 7.35. The van der Waals surface area contributed by atoms with Crippen LogP contribution in [-0.4, -0.2) is 6.04 Å². The van der Waals surface area contributed by atoms with Gasteiger partial charge in [-0.05, 0) is 65.3 Å². The summed E-state index contributed by atoms with van der Waals surface area (Å²) in [7, 11) is 0. The first-order valence-corrected chi connectivity index (χ1v) is 8.01. The lowest BCUT2D eigenvalue weighted by atomic mass is 9.98. The Bertz CT molecular complexity index is 610. The maximum Gasteiger partial charge on any atom is 0.131 e. The summed E-state index contributed by atoms with van der Waals surface area (Å²) in [5.41, 5.74) is 1.90. The molecule has 1 heterocycles. The molecule has 1 unspecified atom stereocenters. The molecular formula is C15H16BrF2NS. The summed E-state index contributed by atoms with van der Waals surface area (Å²) in [4.78, 5) is 0. The molecule has 20 heavy (non-hydrogen) atoms. The maximum atomic E-state index is 14.1. The van der Waals surface area contributed by atoms with Gasteiger partial charge >= 0.3 is 0 Å². The largest absolute Gasteiger partial charge is 0.304 e. The zero-order valence-electron chi connectivity index (χ0n) is 11.5. The molecular weight excluding hydrogens is 344 g/mol. The lowest BCUT2D eigenvalue weighted by Crippen LogP contribution is -2.29. The maximum absolute atomic E-state index is 14.1. The fourth-order valence-electron chi connectivity index (χ4n) is 2.07. The van der Waals surface area contributed by atoms with Crippen molar-refractivity contribution in [3.63, 3.8) is 0 Å². The minimum atomic E-state index is -0.520. The van der Waals surface area contributed by atoms with E-state index in [2.05, 4.69) is 21.2 Å². The average Bonchev–Trinajstić information content (AvgIpc) is 2.77. The second kappa shape index (κ2) is 6.33. The van der Waals surface area contributed by atoms with Gasteiger partial charge < -0.3 is 5.32 Å². The molecule has 5 heteroatoms. The zero-order chi connectivity index (χ0) is 14.9. The van der Waals surface area contributed by atoms with Gasteiger partial charge in [0.25, 0.3) is 0 Å². The molecule has 1 nitrogen and oxygen atoms in total. The first kappa shape index (κ1) is 15.6. The van der Waals surface area contributed by atoms with Crippen molar-refractivity contribution in [1.29, 1.82) is 0 Å². The van der Waals surface area contributed by atoms with E-state index in [1.165, 1.54) is 0 Å². The highest BCUT2D eigenvalue weighted by molar-refractivity contribution is 9.11. The molecule has 0 fully saturated rings. The van der Waals surface area contributed by atoms with Gasteiger partial charge in [-0.2, -0.15) is 0 Å². The van der Waals surface area contributed by atoms with Crippen LogP contribution in [0, 0.1) is 18.6 Å². The van der Waals surface area contributed by atoms with E-state index in [1.807, 2.05) is 25.3 Å². The number of halogens is 3. The fourth-order valence-corrected chi connectivity index (χ4v) is 3.28. The minimum absolute atomic E-state index is 0.184. The summed E-state index contributed by atoms with van der Waals surface area (Å²) in [6.45, 7) is 5.65. The number of hydrogen-bond acceptors (Lipinski definition) is 2. The van der Waals surface area contributed by atoms with E-state index in [9.17, 15) is 8.78 Å². The van der Waals surface area contributed by atoms with E-state index >= 15 is 0 Å². The van der Waals surface area contributed by atoms with Crippen molar-refractivity contribution in [2.24, 2.45) is 0 Å². The molecule has 0 aliphatic rings. The van der Waals surface area contributed by atoms with Crippen LogP contribution >= 0.6 is 27.3 Å². The van der Waals surface area contributed by atoms with Crippen molar-refractivity contribution in [3.8, 4) is 0 Å². The van der Waals surface area contributed by atoms with Crippen LogP contribution in [0.2, 0.25) is 0 Å². The monoisotopic (exact) mass is 359 g/mol. The molecule has 0 aliphatic heterocycles. The third kappa shape index (κ3) is 3.45. The average molecular weight is 360 g/mol. The molecule has 108 valence electrons. The fraction of sp³-hybridized carbons (Fsp3) is 0.333. The molecule has 0 radical (unpaired) electrons. The van der Waals surface area contributed by atoms with E-state index in [-0.39, 0.29) is 12.1 Å². The van der Waals surface area contributed by atoms with Crippen molar-refractivity contribution < 1.29 is 8.78 Å². The van der Waals surface area contributed by atoms with Gasteiger partial charge in [-0.1, -0.05) is 0 Å². The Labute approximate surface area is 130 Å². The van der Waals surface area contributed by atoms with Crippen molar-refractivity contribution in [2.75, 3.05) is 0 Å². The Balaban J connectivity index is 2.49. The first-order chi connectivity index (χ1) is 9.38. The summed E-state index contributed by atoms with van der Waals surface area (Å²) in [6.07, 6.45) is 0. The van der Waals surface area contributed by atoms with Crippen LogP contribution in [0.3, 0.4) is 0 Å². The first-order valence-electron chi connectivity index (χ1n) is 6.34. The molecule has 0 aliphatic carbocycles. The SMILES string of the molecule is Cc1cc(C(NC(C)C)c2csc(Br)c2)c(F)cc1F. The number of hydrogen-bond donors (Lipinski definition) is 1. The van der Waals surface area contributed by atoms with Gasteiger partial charge in [0, 0.05) is 17.7 Å². The highest BCUT2D eigenvalue weighted by Crippen LogP contribution is 2.32. The molecule has 0 saturated heterocycles. The lowest BCUT2D eigenvalue weighted by molar-refractivity contribution is 0.497. The number of rotatable bonds is 4. The molecule has 1 aromatic carbocycles. The predicted molar refractivity (Wildman–Crippen MR) is 83.2 cm³/mol. The standard InChI is InChI=1S/C15H16BrF2NS/c1-8(2)19-15(10-5-14(16)20-7-10)11-4-9(3)12(17)6-13(11)18/h4-8,15,19H,1-3H3. The normalized spacial score (nSPS) is 12.9. The Morgan fingerprint density at radius 3 is 2.40 bits per heavy atom. The van der Waals surface area contributed by atoms with Gasteiger partial charge in [0.15, 0.2) is 0 Å². The van der Waals surface area contributed by atoms with Crippen molar-refractivity contribution in [2.45, 2.75) is 32.9 Å². The highest BCUT2D eigenvalue weighted by Gasteiger charge is 2.21. The molecule has 2 aromatic rings. The van der Waals surface area contributed by atoms with Gasteiger partial charge in [-0.15, -0.1) is 11.3 Å². The van der Waals surface area contributed by atoms with Gasteiger partial charge in [0.1, 0.15) is 11.6 Å². The number of thiophene rings is 1. The third-order valence-corrected chi connectivity index (χ3v) is 4.53. The van der Waals surface area contributed by atoms with Gasteiger partial charge in [0.2, 0.25) is 0 Å². The highest BCUT2D eigenvalue weighted by atomic mass is 79.9. The summed E-state index contributed by atoms with van der Waals surface area (Å²) < 4.78 is 28.5. The van der Waals surface area contributed by atoms with Crippen LogP contribution in [0.4, 0.5) is 8.78 Å². The molecule has 0 amide bonds. The molecule has 1 aromatic heterocycles. The van der Waals surface area contributed by atoms with Crippen LogP contribution in [-0.2, 0) is 0 Å². The van der Waals surface area contributed by atoms with Crippen molar-refractivity contribution in [1.82, 2.24) is 5.32 Å². The van der Waals surface area contributed by atoms with E-state index < -0.39 is 11.6 Å². The van der Waals surface area contributed by atoms with E-state index in [0.717, 1.165) is 15.4 Å². The number of nitrogens with one attached hydrogen (secondary N) is 1. The number of aryl methyl sites for hydroxylation is 1. The second-order valence-electron chi connectivity index (χ2n) is 5.06. The van der Waals surface area contributed by atoms with Gasteiger partial charge in [-0.3, -0.25) is 0 Å². The lowest BCUT2D eigenvalue weighted by Gasteiger charge is -2.22. The number of benzene rings is 1. The van der Waals surface area contributed by atoms with Crippen LogP contribution in [0.15, 0.2) is 27.4 Å². The zero-order valence-corrected chi connectivity index (χ0v) is 13.9. The summed E-state index contributed by atoms with van der Waals surface area (Å²) >= 11 is 4.97. The Morgan fingerprint density at radius 1 is 1.15 bits per heavy atom.